The van der Waals surface area contributed by atoms with Gasteiger partial charge in [-0.3, -0.25) is 9.59 Å². The Morgan fingerprint density at radius 3 is 2.73 bits per heavy atom. The molecular weight excluding hydrogens is 420 g/mol. The van der Waals surface area contributed by atoms with Crippen LogP contribution in [0, 0.1) is 19.8 Å². The van der Waals surface area contributed by atoms with Crippen LogP contribution in [0.5, 0.6) is 5.75 Å². The van der Waals surface area contributed by atoms with Crippen molar-refractivity contribution >= 4 is 23.2 Å². The molecule has 1 aliphatic rings. The lowest BCUT2D eigenvalue weighted by Gasteiger charge is -2.20. The maximum absolute atomic E-state index is 13.2. The number of carbonyl (C=O) groups is 2. The molecule has 1 N–H and O–H groups in total. The van der Waals surface area contributed by atoms with Gasteiger partial charge in [-0.2, -0.15) is 4.98 Å². The molecule has 1 atom stereocenters. The van der Waals surface area contributed by atoms with Crippen LogP contribution in [-0.2, 0) is 9.59 Å². The van der Waals surface area contributed by atoms with Crippen molar-refractivity contribution in [3.8, 4) is 17.2 Å². The number of para-hydroxylation sites is 1. The van der Waals surface area contributed by atoms with E-state index in [1.165, 1.54) is 0 Å². The van der Waals surface area contributed by atoms with E-state index in [0.717, 1.165) is 11.1 Å². The molecular formula is C25H28N4O4. The molecule has 4 rings (SSSR count). The predicted octanol–water partition coefficient (Wildman–Crippen LogP) is 4.48. The number of amides is 2. The number of aromatic nitrogens is 2. The Bertz CT molecular complexity index is 1200. The van der Waals surface area contributed by atoms with Gasteiger partial charge in [0.25, 0.3) is 5.89 Å². The summed E-state index contributed by atoms with van der Waals surface area (Å²) in [6.07, 6.45) is 0.127. The average molecular weight is 449 g/mol. The topological polar surface area (TPSA) is 97.6 Å². The van der Waals surface area contributed by atoms with Gasteiger partial charge in [-0.25, -0.2) is 0 Å². The number of ether oxygens (including phenoxy) is 1. The van der Waals surface area contributed by atoms with E-state index in [2.05, 4.69) is 15.5 Å². The number of benzene rings is 2. The zero-order valence-corrected chi connectivity index (χ0v) is 19.5. The van der Waals surface area contributed by atoms with E-state index in [9.17, 15) is 9.59 Å². The largest absolute Gasteiger partial charge is 0.495 e. The third-order valence-electron chi connectivity index (χ3n) is 5.83. The molecule has 0 bridgehead atoms. The molecule has 3 aromatic rings. The van der Waals surface area contributed by atoms with Crippen LogP contribution in [0.3, 0.4) is 0 Å². The lowest BCUT2D eigenvalue weighted by Crippen LogP contribution is -2.28. The predicted molar refractivity (Wildman–Crippen MR) is 125 cm³/mol. The van der Waals surface area contributed by atoms with Crippen molar-refractivity contribution in [3.05, 3.63) is 53.3 Å². The number of aryl methyl sites for hydroxylation is 2. The molecule has 1 fully saturated rings. The molecule has 0 aliphatic carbocycles. The van der Waals surface area contributed by atoms with E-state index in [4.69, 9.17) is 9.26 Å². The standard InChI is InChI=1S/C25H28N4O4/c1-14(2)23-27-25(33-28-23)18-8-6-7-16(4)22(18)26-24(31)17-12-21(30)29(13-17)19-11-15(3)9-10-20(19)32-5/h6-11,14,17H,12-13H2,1-5H3,(H,26,31). The van der Waals surface area contributed by atoms with Crippen LogP contribution in [0.15, 0.2) is 40.9 Å². The Hall–Kier alpha value is -3.68. The van der Waals surface area contributed by atoms with Crippen LogP contribution in [-0.4, -0.2) is 35.6 Å². The number of hydrogen-bond acceptors (Lipinski definition) is 6. The van der Waals surface area contributed by atoms with Crippen LogP contribution >= 0.6 is 0 Å². The van der Waals surface area contributed by atoms with Gasteiger partial charge in [0.05, 0.1) is 30.0 Å². The molecule has 1 aromatic heterocycles. The zero-order valence-electron chi connectivity index (χ0n) is 19.5. The second-order valence-corrected chi connectivity index (χ2v) is 8.68. The summed E-state index contributed by atoms with van der Waals surface area (Å²) in [5.74, 6) is 0.857. The third-order valence-corrected chi connectivity index (χ3v) is 5.83. The molecule has 172 valence electrons. The number of nitrogens with one attached hydrogen (secondary N) is 1. The molecule has 2 aromatic carbocycles. The molecule has 0 saturated carbocycles. The minimum atomic E-state index is -0.496. The van der Waals surface area contributed by atoms with E-state index in [-0.39, 0.29) is 30.7 Å². The van der Waals surface area contributed by atoms with Crippen molar-refractivity contribution < 1.29 is 18.8 Å². The molecule has 1 aliphatic heterocycles. The Labute approximate surface area is 192 Å². The Balaban J connectivity index is 1.57. The van der Waals surface area contributed by atoms with Crippen molar-refractivity contribution in [1.29, 1.82) is 0 Å². The molecule has 2 amide bonds. The normalized spacial score (nSPS) is 15.9. The summed E-state index contributed by atoms with van der Waals surface area (Å²) in [5.41, 5.74) is 3.83. The lowest BCUT2D eigenvalue weighted by molar-refractivity contribution is -0.122. The van der Waals surface area contributed by atoms with Gasteiger partial charge in [-0.15, -0.1) is 0 Å². The first-order valence-corrected chi connectivity index (χ1v) is 11.0. The third kappa shape index (κ3) is 4.46. The highest BCUT2D eigenvalue weighted by Gasteiger charge is 2.37. The van der Waals surface area contributed by atoms with Crippen LogP contribution in [0.1, 0.15) is 43.1 Å². The summed E-state index contributed by atoms with van der Waals surface area (Å²) in [6.45, 7) is 8.11. The van der Waals surface area contributed by atoms with Gasteiger partial charge in [0, 0.05) is 18.9 Å². The van der Waals surface area contributed by atoms with Gasteiger partial charge in [0.15, 0.2) is 5.82 Å². The number of rotatable bonds is 6. The highest BCUT2D eigenvalue weighted by molar-refractivity contribution is 6.05. The second-order valence-electron chi connectivity index (χ2n) is 8.68. The van der Waals surface area contributed by atoms with Gasteiger partial charge in [0.2, 0.25) is 11.8 Å². The van der Waals surface area contributed by atoms with Crippen molar-refractivity contribution in [1.82, 2.24) is 10.1 Å². The number of nitrogens with zero attached hydrogens (tertiary/aromatic N) is 3. The SMILES string of the molecule is COc1ccc(C)cc1N1CC(C(=O)Nc2c(C)cccc2-c2nc(C(C)C)no2)CC1=O. The summed E-state index contributed by atoms with van der Waals surface area (Å²) in [7, 11) is 1.57. The Morgan fingerprint density at radius 1 is 1.24 bits per heavy atom. The van der Waals surface area contributed by atoms with E-state index in [0.29, 0.717) is 34.4 Å². The molecule has 8 nitrogen and oxygen atoms in total. The lowest BCUT2D eigenvalue weighted by atomic mass is 10.0. The minimum Gasteiger partial charge on any atom is -0.495 e. The van der Waals surface area contributed by atoms with Gasteiger partial charge < -0.3 is 19.5 Å². The van der Waals surface area contributed by atoms with Crippen molar-refractivity contribution in [2.75, 3.05) is 23.9 Å². The molecule has 8 heteroatoms. The van der Waals surface area contributed by atoms with Gasteiger partial charge in [-0.05, 0) is 43.2 Å². The smallest absolute Gasteiger partial charge is 0.260 e. The van der Waals surface area contributed by atoms with Gasteiger partial charge >= 0.3 is 0 Å². The van der Waals surface area contributed by atoms with Gasteiger partial charge in [-0.1, -0.05) is 37.2 Å². The summed E-state index contributed by atoms with van der Waals surface area (Å²) in [5, 5.41) is 7.05. The van der Waals surface area contributed by atoms with E-state index < -0.39 is 5.92 Å². The van der Waals surface area contributed by atoms with Crippen LogP contribution in [0.4, 0.5) is 11.4 Å². The van der Waals surface area contributed by atoms with E-state index in [1.54, 1.807) is 12.0 Å². The first-order valence-electron chi connectivity index (χ1n) is 11.0. The van der Waals surface area contributed by atoms with Crippen molar-refractivity contribution in [2.45, 2.75) is 40.0 Å². The molecule has 1 unspecified atom stereocenters. The second kappa shape index (κ2) is 9.05. The first-order chi connectivity index (χ1) is 15.8. The first kappa shape index (κ1) is 22.5. The van der Waals surface area contributed by atoms with Crippen LogP contribution in [0.25, 0.3) is 11.5 Å². The number of methoxy groups -OCH3 is 1. The summed E-state index contributed by atoms with van der Waals surface area (Å²) >= 11 is 0. The van der Waals surface area contributed by atoms with E-state index >= 15 is 0 Å². The van der Waals surface area contributed by atoms with Gasteiger partial charge in [0.1, 0.15) is 5.75 Å². The summed E-state index contributed by atoms with van der Waals surface area (Å²) in [4.78, 5) is 32.1. The molecule has 33 heavy (non-hydrogen) atoms. The Kier molecular flexibility index (Phi) is 6.18. The fourth-order valence-corrected chi connectivity index (χ4v) is 3.94. The van der Waals surface area contributed by atoms with Crippen LogP contribution < -0.4 is 15.0 Å². The maximum atomic E-state index is 13.2. The zero-order chi connectivity index (χ0) is 23.7. The van der Waals surface area contributed by atoms with Crippen molar-refractivity contribution in [2.24, 2.45) is 5.92 Å². The molecule has 2 heterocycles. The summed E-state index contributed by atoms with van der Waals surface area (Å²) < 4.78 is 10.9. The highest BCUT2D eigenvalue weighted by Crippen LogP contribution is 2.35. The molecule has 0 spiro atoms. The molecule has 1 saturated heterocycles. The number of carbonyl (C=O) groups excluding carboxylic acids is 2. The highest BCUT2D eigenvalue weighted by atomic mass is 16.5. The van der Waals surface area contributed by atoms with E-state index in [1.807, 2.05) is 64.1 Å². The average Bonchev–Trinajstić information content (AvgIpc) is 3.42. The maximum Gasteiger partial charge on any atom is 0.260 e. The summed E-state index contributed by atoms with van der Waals surface area (Å²) in [6, 6.07) is 11.3. The Morgan fingerprint density at radius 2 is 2.03 bits per heavy atom. The fraction of sp³-hybridized carbons (Fsp3) is 0.360. The van der Waals surface area contributed by atoms with Crippen LogP contribution in [0.2, 0.25) is 0 Å². The minimum absolute atomic E-state index is 0.109. The number of anilines is 2. The monoisotopic (exact) mass is 448 g/mol. The number of hydrogen-bond donors (Lipinski definition) is 1. The molecule has 0 radical (unpaired) electrons. The van der Waals surface area contributed by atoms with Crippen molar-refractivity contribution in [3.63, 3.8) is 0 Å². The fourth-order valence-electron chi connectivity index (χ4n) is 3.94. The quantitative estimate of drug-likeness (QED) is 0.597.